The van der Waals surface area contributed by atoms with Gasteiger partial charge in [-0.1, -0.05) is 18.2 Å². The van der Waals surface area contributed by atoms with E-state index in [1.54, 1.807) is 24.3 Å². The number of H-pyrrole nitrogens is 1. The van der Waals surface area contributed by atoms with Gasteiger partial charge in [0.25, 0.3) is 0 Å². The molecule has 0 aliphatic heterocycles. The van der Waals surface area contributed by atoms with Gasteiger partial charge in [-0.15, -0.1) is 0 Å². The van der Waals surface area contributed by atoms with Crippen LogP contribution in [-0.2, 0) is 0 Å². The maximum Gasteiger partial charge on any atom is 0.398 e. The zero-order valence-corrected chi connectivity index (χ0v) is 8.25. The number of alkyl halides is 3. The first-order valence-corrected chi connectivity index (χ1v) is 4.74. The monoisotopic (exact) mass is 229 g/mol. The van der Waals surface area contributed by atoms with Crippen LogP contribution in [0, 0.1) is 0 Å². The minimum atomic E-state index is -4.36. The molecule has 3 N–H and O–H groups in total. The molecule has 0 radical (unpaired) electrons. The first-order chi connectivity index (χ1) is 7.54. The van der Waals surface area contributed by atoms with E-state index >= 15 is 0 Å². The lowest BCUT2D eigenvalue weighted by Crippen LogP contribution is -2.28. The van der Waals surface area contributed by atoms with Crippen LogP contribution in [0.3, 0.4) is 0 Å². The molecule has 0 fully saturated rings. The summed E-state index contributed by atoms with van der Waals surface area (Å²) in [6.45, 7) is -0.490. The summed E-state index contributed by atoms with van der Waals surface area (Å²) in [7, 11) is 0. The number of aromatic amines is 1. The molecule has 1 heterocycles. The number of nitrogens with one attached hydrogen (secondary N) is 1. The Labute approximate surface area is 89.4 Å². The number of fused-ring (bicyclic) bond motifs is 1. The SMILES string of the molecule is NCC(c1[nH]nc2ccccc12)C(F)(F)F. The fourth-order valence-corrected chi connectivity index (χ4v) is 1.66. The van der Waals surface area contributed by atoms with Crippen molar-refractivity contribution in [3.8, 4) is 0 Å². The van der Waals surface area contributed by atoms with E-state index in [4.69, 9.17) is 5.73 Å². The summed E-state index contributed by atoms with van der Waals surface area (Å²) in [6, 6.07) is 6.64. The second-order valence-electron chi connectivity index (χ2n) is 3.48. The van der Waals surface area contributed by atoms with E-state index in [9.17, 15) is 13.2 Å². The summed E-state index contributed by atoms with van der Waals surface area (Å²) >= 11 is 0. The Balaban J connectivity index is 2.54. The van der Waals surface area contributed by atoms with Crippen molar-refractivity contribution >= 4 is 10.9 Å². The number of halogens is 3. The zero-order valence-electron chi connectivity index (χ0n) is 8.25. The van der Waals surface area contributed by atoms with Crippen LogP contribution in [0.25, 0.3) is 10.9 Å². The van der Waals surface area contributed by atoms with E-state index in [1.165, 1.54) is 0 Å². The van der Waals surface area contributed by atoms with Crippen LogP contribution in [0.1, 0.15) is 11.6 Å². The Morgan fingerprint density at radius 3 is 2.62 bits per heavy atom. The number of hydrogen-bond acceptors (Lipinski definition) is 2. The number of hydrogen-bond donors (Lipinski definition) is 2. The molecule has 0 bridgehead atoms. The van der Waals surface area contributed by atoms with Gasteiger partial charge >= 0.3 is 6.18 Å². The predicted molar refractivity (Wildman–Crippen MR) is 53.9 cm³/mol. The maximum atomic E-state index is 12.7. The number of nitrogens with two attached hydrogens (primary N) is 1. The van der Waals surface area contributed by atoms with Gasteiger partial charge in [0.2, 0.25) is 0 Å². The van der Waals surface area contributed by atoms with Crippen molar-refractivity contribution in [3.63, 3.8) is 0 Å². The Morgan fingerprint density at radius 2 is 2.00 bits per heavy atom. The molecule has 0 saturated heterocycles. The Kier molecular flexibility index (Phi) is 2.59. The second kappa shape index (κ2) is 3.79. The van der Waals surface area contributed by atoms with Crippen molar-refractivity contribution in [2.24, 2.45) is 5.73 Å². The van der Waals surface area contributed by atoms with Crippen molar-refractivity contribution in [1.29, 1.82) is 0 Å². The van der Waals surface area contributed by atoms with Crippen LogP contribution in [-0.4, -0.2) is 22.9 Å². The van der Waals surface area contributed by atoms with E-state index in [2.05, 4.69) is 10.2 Å². The van der Waals surface area contributed by atoms with Gasteiger partial charge in [0, 0.05) is 11.9 Å². The third kappa shape index (κ3) is 1.76. The third-order valence-electron chi connectivity index (χ3n) is 2.47. The van der Waals surface area contributed by atoms with E-state index in [0.29, 0.717) is 10.9 Å². The average Bonchev–Trinajstić information content (AvgIpc) is 2.61. The van der Waals surface area contributed by atoms with Crippen LogP contribution in [0.4, 0.5) is 13.2 Å². The molecule has 1 aromatic heterocycles. The summed E-state index contributed by atoms with van der Waals surface area (Å²) in [5.74, 6) is -1.69. The summed E-state index contributed by atoms with van der Waals surface area (Å²) < 4.78 is 38.1. The molecule has 86 valence electrons. The Bertz CT molecular complexity index is 489. The van der Waals surface area contributed by atoms with Crippen LogP contribution in [0.5, 0.6) is 0 Å². The largest absolute Gasteiger partial charge is 0.398 e. The molecule has 1 atom stereocenters. The van der Waals surface area contributed by atoms with Gasteiger partial charge in [-0.3, -0.25) is 5.10 Å². The fourth-order valence-electron chi connectivity index (χ4n) is 1.66. The van der Waals surface area contributed by atoms with Crippen LogP contribution in [0.2, 0.25) is 0 Å². The van der Waals surface area contributed by atoms with Gasteiger partial charge in [0.1, 0.15) is 5.92 Å². The lowest BCUT2D eigenvalue weighted by Gasteiger charge is -2.17. The van der Waals surface area contributed by atoms with Gasteiger partial charge in [0.05, 0.1) is 11.2 Å². The zero-order chi connectivity index (χ0) is 11.8. The lowest BCUT2D eigenvalue weighted by molar-refractivity contribution is -0.148. The molecule has 0 aliphatic rings. The van der Waals surface area contributed by atoms with E-state index in [-0.39, 0.29) is 5.69 Å². The number of para-hydroxylation sites is 1. The Morgan fingerprint density at radius 1 is 1.31 bits per heavy atom. The molecule has 1 unspecified atom stereocenters. The molecule has 2 aromatic rings. The van der Waals surface area contributed by atoms with E-state index in [0.717, 1.165) is 0 Å². The van der Waals surface area contributed by atoms with Crippen LogP contribution < -0.4 is 5.73 Å². The summed E-state index contributed by atoms with van der Waals surface area (Å²) in [6.07, 6.45) is -4.36. The number of nitrogens with zero attached hydrogens (tertiary/aromatic N) is 1. The number of aromatic nitrogens is 2. The van der Waals surface area contributed by atoms with Gasteiger partial charge in [-0.05, 0) is 6.07 Å². The fraction of sp³-hybridized carbons (Fsp3) is 0.300. The molecule has 6 heteroatoms. The van der Waals surface area contributed by atoms with Crippen molar-refractivity contribution < 1.29 is 13.2 Å². The highest BCUT2D eigenvalue weighted by atomic mass is 19.4. The van der Waals surface area contributed by atoms with Crippen molar-refractivity contribution in [1.82, 2.24) is 10.2 Å². The molecule has 0 saturated carbocycles. The summed E-state index contributed by atoms with van der Waals surface area (Å²) in [4.78, 5) is 0. The quantitative estimate of drug-likeness (QED) is 0.829. The van der Waals surface area contributed by atoms with E-state index in [1.807, 2.05) is 0 Å². The Hall–Kier alpha value is -1.56. The van der Waals surface area contributed by atoms with E-state index < -0.39 is 18.6 Å². The molecular weight excluding hydrogens is 219 g/mol. The summed E-state index contributed by atoms with van der Waals surface area (Å²) in [5.41, 5.74) is 5.72. The maximum absolute atomic E-state index is 12.7. The number of benzene rings is 1. The van der Waals surface area contributed by atoms with Crippen LogP contribution in [0.15, 0.2) is 24.3 Å². The third-order valence-corrected chi connectivity index (χ3v) is 2.47. The topological polar surface area (TPSA) is 54.7 Å². The molecule has 0 aliphatic carbocycles. The van der Waals surface area contributed by atoms with Gasteiger partial charge in [0.15, 0.2) is 0 Å². The highest BCUT2D eigenvalue weighted by Crippen LogP contribution is 2.35. The molecule has 1 aromatic carbocycles. The predicted octanol–water partition coefficient (Wildman–Crippen LogP) is 2.17. The second-order valence-corrected chi connectivity index (χ2v) is 3.48. The molecule has 16 heavy (non-hydrogen) atoms. The highest BCUT2D eigenvalue weighted by Gasteiger charge is 2.41. The first-order valence-electron chi connectivity index (χ1n) is 4.74. The lowest BCUT2D eigenvalue weighted by atomic mass is 10.0. The van der Waals surface area contributed by atoms with Gasteiger partial charge in [-0.25, -0.2) is 0 Å². The van der Waals surface area contributed by atoms with Crippen molar-refractivity contribution in [2.75, 3.05) is 6.54 Å². The molecule has 0 amide bonds. The van der Waals surface area contributed by atoms with Gasteiger partial charge < -0.3 is 5.73 Å². The normalized spacial score (nSPS) is 14.2. The number of rotatable bonds is 2. The molecule has 3 nitrogen and oxygen atoms in total. The van der Waals surface area contributed by atoms with Crippen molar-refractivity contribution in [3.05, 3.63) is 30.0 Å². The van der Waals surface area contributed by atoms with Crippen LogP contribution >= 0.6 is 0 Å². The first kappa shape index (κ1) is 10.9. The average molecular weight is 229 g/mol. The minimum absolute atomic E-state index is 0.0330. The smallest absolute Gasteiger partial charge is 0.329 e. The molecule has 0 spiro atoms. The molecule has 2 rings (SSSR count). The van der Waals surface area contributed by atoms with Gasteiger partial charge in [-0.2, -0.15) is 18.3 Å². The summed E-state index contributed by atoms with van der Waals surface area (Å²) in [5, 5.41) is 6.71. The standard InChI is InChI=1S/C10H10F3N3/c11-10(12,13)7(5-14)9-6-3-1-2-4-8(6)15-16-9/h1-4,7H,5,14H2,(H,15,16). The van der Waals surface area contributed by atoms with Crippen molar-refractivity contribution in [2.45, 2.75) is 12.1 Å². The molecular formula is C10H10F3N3. The highest BCUT2D eigenvalue weighted by molar-refractivity contribution is 5.81. The minimum Gasteiger partial charge on any atom is -0.329 e.